The molecule has 0 spiro atoms. The van der Waals surface area contributed by atoms with Crippen molar-refractivity contribution in [3.63, 3.8) is 0 Å². The summed E-state index contributed by atoms with van der Waals surface area (Å²) < 4.78 is 0. The summed E-state index contributed by atoms with van der Waals surface area (Å²) in [6, 6.07) is 6.96. The SMILES string of the molecule is CCCCCCNC(N)=NCc1ccc(C(=O)NCC(N)=O)cc1.I. The van der Waals surface area contributed by atoms with Gasteiger partial charge in [0.15, 0.2) is 5.96 Å². The van der Waals surface area contributed by atoms with Crippen molar-refractivity contribution in [2.75, 3.05) is 13.1 Å². The molecule has 0 aliphatic carbocycles. The van der Waals surface area contributed by atoms with Gasteiger partial charge in [-0.05, 0) is 24.1 Å². The molecular formula is C17H28IN5O2. The molecule has 0 fully saturated rings. The zero-order valence-electron chi connectivity index (χ0n) is 14.6. The first-order chi connectivity index (χ1) is 11.5. The maximum absolute atomic E-state index is 11.7. The molecule has 0 aliphatic rings. The van der Waals surface area contributed by atoms with Crippen molar-refractivity contribution in [3.05, 3.63) is 35.4 Å². The highest BCUT2D eigenvalue weighted by Crippen LogP contribution is 2.05. The first kappa shape index (κ1) is 23.2. The topological polar surface area (TPSA) is 123 Å². The van der Waals surface area contributed by atoms with E-state index < -0.39 is 5.91 Å². The Bertz CT molecular complexity index is 561. The summed E-state index contributed by atoms with van der Waals surface area (Å²) >= 11 is 0. The monoisotopic (exact) mass is 461 g/mol. The number of rotatable bonds is 10. The molecule has 0 saturated carbocycles. The Hall–Kier alpha value is -1.84. The van der Waals surface area contributed by atoms with E-state index in [-0.39, 0.29) is 36.4 Å². The Labute approximate surface area is 166 Å². The van der Waals surface area contributed by atoms with Crippen LogP contribution in [0.3, 0.4) is 0 Å². The predicted octanol–water partition coefficient (Wildman–Crippen LogP) is 1.50. The van der Waals surface area contributed by atoms with Crippen LogP contribution in [-0.2, 0) is 11.3 Å². The lowest BCUT2D eigenvalue weighted by molar-refractivity contribution is -0.117. The highest BCUT2D eigenvalue weighted by atomic mass is 127. The van der Waals surface area contributed by atoms with Crippen molar-refractivity contribution in [1.82, 2.24) is 10.6 Å². The largest absolute Gasteiger partial charge is 0.370 e. The minimum atomic E-state index is -0.577. The van der Waals surface area contributed by atoms with Crippen molar-refractivity contribution < 1.29 is 9.59 Å². The third-order valence-electron chi connectivity index (χ3n) is 3.41. The number of unbranched alkanes of at least 4 members (excludes halogenated alkanes) is 3. The van der Waals surface area contributed by atoms with Crippen molar-refractivity contribution in [3.8, 4) is 0 Å². The number of nitrogens with one attached hydrogen (secondary N) is 2. The number of benzene rings is 1. The molecule has 0 atom stereocenters. The number of primary amides is 1. The second kappa shape index (κ2) is 13.5. The van der Waals surface area contributed by atoms with Gasteiger partial charge in [-0.2, -0.15) is 0 Å². The van der Waals surface area contributed by atoms with Gasteiger partial charge in [-0.15, -0.1) is 24.0 Å². The number of nitrogens with zero attached hydrogens (tertiary/aromatic N) is 1. The molecule has 0 unspecified atom stereocenters. The highest BCUT2D eigenvalue weighted by molar-refractivity contribution is 14.0. The standard InChI is InChI=1S/C17H27N5O2.HI/c1-2-3-4-5-10-20-17(19)22-11-13-6-8-14(9-7-13)16(24)21-12-15(18)23;/h6-9H,2-5,10-12H2,1H3,(H2,18,23)(H,21,24)(H3,19,20,22);1H. The number of guanidine groups is 1. The van der Waals surface area contributed by atoms with Crippen LogP contribution in [0.4, 0.5) is 0 Å². The number of hydrogen-bond acceptors (Lipinski definition) is 3. The van der Waals surface area contributed by atoms with E-state index in [1.54, 1.807) is 24.3 Å². The average Bonchev–Trinajstić information content (AvgIpc) is 2.58. The number of carbonyl (C=O) groups excluding carboxylic acids is 2. The molecule has 2 amide bonds. The van der Waals surface area contributed by atoms with Gasteiger partial charge in [0, 0.05) is 12.1 Å². The number of carbonyl (C=O) groups is 2. The molecule has 1 rings (SSSR count). The van der Waals surface area contributed by atoms with E-state index in [1.807, 2.05) is 0 Å². The van der Waals surface area contributed by atoms with Crippen LogP contribution >= 0.6 is 24.0 Å². The van der Waals surface area contributed by atoms with Crippen LogP contribution in [0.5, 0.6) is 0 Å². The van der Waals surface area contributed by atoms with Gasteiger partial charge in [0.1, 0.15) is 0 Å². The molecule has 0 aliphatic heterocycles. The summed E-state index contributed by atoms with van der Waals surface area (Å²) in [5.74, 6) is -0.487. The van der Waals surface area contributed by atoms with E-state index in [1.165, 1.54) is 19.3 Å². The molecule has 8 heteroatoms. The molecule has 1 aromatic rings. The third-order valence-corrected chi connectivity index (χ3v) is 3.41. The molecule has 0 aromatic heterocycles. The van der Waals surface area contributed by atoms with E-state index in [0.29, 0.717) is 18.1 Å². The molecule has 7 nitrogen and oxygen atoms in total. The van der Waals surface area contributed by atoms with Crippen molar-refractivity contribution in [2.45, 2.75) is 39.2 Å². The summed E-state index contributed by atoms with van der Waals surface area (Å²) in [5, 5.41) is 5.52. The van der Waals surface area contributed by atoms with Crippen LogP contribution in [-0.4, -0.2) is 30.9 Å². The first-order valence-electron chi connectivity index (χ1n) is 8.22. The Kier molecular flexibility index (Phi) is 12.5. The maximum atomic E-state index is 11.7. The molecule has 6 N–H and O–H groups in total. The molecule has 0 saturated heterocycles. The zero-order chi connectivity index (χ0) is 17.8. The van der Waals surface area contributed by atoms with Gasteiger partial charge < -0.3 is 22.1 Å². The molecule has 0 bridgehead atoms. The molecule has 25 heavy (non-hydrogen) atoms. The van der Waals surface area contributed by atoms with Gasteiger partial charge in [0.05, 0.1) is 13.1 Å². The van der Waals surface area contributed by atoms with Gasteiger partial charge in [0.25, 0.3) is 5.91 Å². The lowest BCUT2D eigenvalue weighted by Gasteiger charge is -2.06. The third kappa shape index (κ3) is 10.6. The zero-order valence-corrected chi connectivity index (χ0v) is 16.9. The van der Waals surface area contributed by atoms with Gasteiger partial charge >= 0.3 is 0 Å². The molecular weight excluding hydrogens is 433 g/mol. The minimum absolute atomic E-state index is 0. The number of amides is 2. The summed E-state index contributed by atoms with van der Waals surface area (Å²) in [7, 11) is 0. The van der Waals surface area contributed by atoms with Gasteiger partial charge in [-0.25, -0.2) is 4.99 Å². The lowest BCUT2D eigenvalue weighted by Crippen LogP contribution is -2.33. The first-order valence-corrected chi connectivity index (χ1v) is 8.22. The summed E-state index contributed by atoms with van der Waals surface area (Å²) in [5.41, 5.74) is 12.2. The smallest absolute Gasteiger partial charge is 0.251 e. The second-order valence-corrected chi connectivity index (χ2v) is 5.53. The van der Waals surface area contributed by atoms with E-state index >= 15 is 0 Å². The van der Waals surface area contributed by atoms with E-state index in [0.717, 1.165) is 18.5 Å². The predicted molar refractivity (Wildman–Crippen MR) is 111 cm³/mol. The highest BCUT2D eigenvalue weighted by Gasteiger charge is 2.06. The van der Waals surface area contributed by atoms with E-state index in [2.05, 4.69) is 22.5 Å². The van der Waals surface area contributed by atoms with Crippen LogP contribution in [0.25, 0.3) is 0 Å². The van der Waals surface area contributed by atoms with Crippen molar-refractivity contribution >= 4 is 41.8 Å². The molecule has 0 radical (unpaired) electrons. The van der Waals surface area contributed by atoms with Gasteiger partial charge in [-0.1, -0.05) is 38.3 Å². The summed E-state index contributed by atoms with van der Waals surface area (Å²) in [6.07, 6.45) is 4.72. The Morgan fingerprint density at radius 1 is 1.04 bits per heavy atom. The fourth-order valence-corrected chi connectivity index (χ4v) is 2.03. The van der Waals surface area contributed by atoms with Gasteiger partial charge in [0.2, 0.25) is 5.91 Å². The number of hydrogen-bond donors (Lipinski definition) is 4. The lowest BCUT2D eigenvalue weighted by atomic mass is 10.1. The maximum Gasteiger partial charge on any atom is 0.251 e. The average molecular weight is 461 g/mol. The molecule has 1 aromatic carbocycles. The second-order valence-electron chi connectivity index (χ2n) is 5.53. The van der Waals surface area contributed by atoms with Crippen LogP contribution in [0.2, 0.25) is 0 Å². The quantitative estimate of drug-likeness (QED) is 0.183. The van der Waals surface area contributed by atoms with Crippen LogP contribution in [0.15, 0.2) is 29.3 Å². The van der Waals surface area contributed by atoms with Crippen LogP contribution in [0, 0.1) is 0 Å². The Morgan fingerprint density at radius 3 is 2.32 bits per heavy atom. The van der Waals surface area contributed by atoms with Crippen molar-refractivity contribution in [1.29, 1.82) is 0 Å². The fraction of sp³-hybridized carbons (Fsp3) is 0.471. The summed E-state index contributed by atoms with van der Waals surface area (Å²) in [6.45, 7) is 3.27. The Morgan fingerprint density at radius 2 is 1.72 bits per heavy atom. The van der Waals surface area contributed by atoms with E-state index in [4.69, 9.17) is 11.5 Å². The van der Waals surface area contributed by atoms with E-state index in [9.17, 15) is 9.59 Å². The van der Waals surface area contributed by atoms with Crippen LogP contribution in [0.1, 0.15) is 48.5 Å². The van der Waals surface area contributed by atoms with Crippen LogP contribution < -0.4 is 22.1 Å². The number of nitrogens with two attached hydrogens (primary N) is 2. The van der Waals surface area contributed by atoms with Gasteiger partial charge in [-0.3, -0.25) is 9.59 Å². The number of aliphatic imine (C=N–C) groups is 1. The Balaban J connectivity index is 0.00000576. The fourth-order valence-electron chi connectivity index (χ4n) is 2.03. The summed E-state index contributed by atoms with van der Waals surface area (Å²) in [4.78, 5) is 26.7. The number of halogens is 1. The minimum Gasteiger partial charge on any atom is -0.370 e. The van der Waals surface area contributed by atoms with Crippen molar-refractivity contribution in [2.24, 2.45) is 16.5 Å². The molecule has 140 valence electrons. The molecule has 0 heterocycles. The normalized spacial score (nSPS) is 10.7.